The molecule has 0 radical (unpaired) electrons. The number of rotatable bonds is 6. The first kappa shape index (κ1) is 18.2. The Morgan fingerprint density at radius 1 is 1.15 bits per heavy atom. The third-order valence-electron chi connectivity index (χ3n) is 4.64. The molecule has 26 heavy (non-hydrogen) atoms. The van der Waals surface area contributed by atoms with Gasteiger partial charge in [-0.05, 0) is 49.1 Å². The summed E-state index contributed by atoms with van der Waals surface area (Å²) in [7, 11) is 0. The molecule has 1 amide bonds. The van der Waals surface area contributed by atoms with E-state index >= 15 is 0 Å². The molecule has 0 fully saturated rings. The number of amides is 1. The summed E-state index contributed by atoms with van der Waals surface area (Å²) in [5, 5.41) is 5.05. The van der Waals surface area contributed by atoms with Crippen LogP contribution in [0.15, 0.2) is 47.0 Å². The highest BCUT2D eigenvalue weighted by Crippen LogP contribution is 2.24. The normalized spacial score (nSPS) is 11.3. The monoisotopic (exact) mass is 350 g/mol. The molecule has 136 valence electrons. The highest BCUT2D eigenvalue weighted by Gasteiger charge is 2.19. The molecule has 0 spiro atoms. The van der Waals surface area contributed by atoms with Crippen LogP contribution in [0.5, 0.6) is 0 Å². The molecule has 4 nitrogen and oxygen atoms in total. The summed E-state index contributed by atoms with van der Waals surface area (Å²) in [4.78, 5) is 14.8. The molecule has 0 saturated heterocycles. The van der Waals surface area contributed by atoms with Crippen LogP contribution in [0.3, 0.4) is 0 Å². The van der Waals surface area contributed by atoms with Crippen LogP contribution in [0, 0.1) is 6.92 Å². The van der Waals surface area contributed by atoms with Gasteiger partial charge in [0.25, 0.3) is 0 Å². The molecule has 3 aromatic rings. The van der Waals surface area contributed by atoms with Crippen LogP contribution in [0.2, 0.25) is 0 Å². The van der Waals surface area contributed by atoms with E-state index < -0.39 is 0 Å². The van der Waals surface area contributed by atoms with Gasteiger partial charge in [0.2, 0.25) is 5.91 Å². The second-order valence-electron chi connectivity index (χ2n) is 7.10. The predicted molar refractivity (Wildman–Crippen MR) is 106 cm³/mol. The number of fused-ring (bicyclic) bond motifs is 1. The second kappa shape index (κ2) is 7.73. The number of aromatic nitrogens is 1. The van der Waals surface area contributed by atoms with Gasteiger partial charge in [-0.2, -0.15) is 0 Å². The van der Waals surface area contributed by atoms with E-state index in [1.54, 1.807) is 0 Å². The van der Waals surface area contributed by atoms with Gasteiger partial charge in [0.05, 0.1) is 6.42 Å². The van der Waals surface area contributed by atoms with Crippen molar-refractivity contribution in [1.29, 1.82) is 0 Å². The standard InChI is InChI=1S/C22H26N2O2/c1-5-12-24(18-9-7-17(8-10-18)15(2)3)22(25)14-20-19-13-16(4)6-11-21(19)26-23-20/h6-11,13,15H,5,12,14H2,1-4H3. The maximum Gasteiger partial charge on any atom is 0.233 e. The minimum Gasteiger partial charge on any atom is -0.356 e. The molecule has 0 unspecified atom stereocenters. The van der Waals surface area contributed by atoms with E-state index in [1.807, 2.05) is 42.2 Å². The van der Waals surface area contributed by atoms with E-state index in [9.17, 15) is 4.79 Å². The van der Waals surface area contributed by atoms with Gasteiger partial charge in [0, 0.05) is 17.6 Å². The zero-order chi connectivity index (χ0) is 18.7. The smallest absolute Gasteiger partial charge is 0.233 e. The topological polar surface area (TPSA) is 46.3 Å². The van der Waals surface area contributed by atoms with Gasteiger partial charge < -0.3 is 9.42 Å². The second-order valence-corrected chi connectivity index (χ2v) is 7.10. The van der Waals surface area contributed by atoms with E-state index in [0.29, 0.717) is 18.2 Å². The van der Waals surface area contributed by atoms with Gasteiger partial charge >= 0.3 is 0 Å². The SMILES string of the molecule is CCCN(C(=O)Cc1noc2ccc(C)cc12)c1ccc(C(C)C)cc1. The molecule has 0 aliphatic heterocycles. The van der Waals surface area contributed by atoms with Crippen molar-refractivity contribution in [2.45, 2.75) is 46.5 Å². The summed E-state index contributed by atoms with van der Waals surface area (Å²) >= 11 is 0. The van der Waals surface area contributed by atoms with Crippen LogP contribution in [0.25, 0.3) is 11.0 Å². The van der Waals surface area contributed by atoms with Crippen molar-refractivity contribution in [3.8, 4) is 0 Å². The van der Waals surface area contributed by atoms with Crippen molar-refractivity contribution in [2.75, 3.05) is 11.4 Å². The molecule has 1 heterocycles. The fraction of sp³-hybridized carbons (Fsp3) is 0.364. The largest absolute Gasteiger partial charge is 0.356 e. The summed E-state index contributed by atoms with van der Waals surface area (Å²) < 4.78 is 5.37. The van der Waals surface area contributed by atoms with Gasteiger partial charge in [-0.3, -0.25) is 4.79 Å². The summed E-state index contributed by atoms with van der Waals surface area (Å²) in [6, 6.07) is 14.2. The minimum absolute atomic E-state index is 0.0425. The van der Waals surface area contributed by atoms with E-state index in [4.69, 9.17) is 4.52 Å². The summed E-state index contributed by atoms with van der Waals surface area (Å²) in [6.45, 7) is 9.13. The van der Waals surface area contributed by atoms with E-state index in [-0.39, 0.29) is 12.3 Å². The molecule has 0 aliphatic carbocycles. The summed E-state index contributed by atoms with van der Waals surface area (Å²) in [5.41, 5.74) is 4.76. The molecule has 0 saturated carbocycles. The Morgan fingerprint density at radius 2 is 1.88 bits per heavy atom. The average molecular weight is 350 g/mol. The molecule has 2 aromatic carbocycles. The molecule has 0 aliphatic rings. The van der Waals surface area contributed by atoms with Crippen molar-refractivity contribution in [2.24, 2.45) is 0 Å². The van der Waals surface area contributed by atoms with Gasteiger partial charge in [-0.1, -0.05) is 49.7 Å². The number of aryl methyl sites for hydroxylation is 1. The van der Waals surface area contributed by atoms with E-state index in [0.717, 1.165) is 28.6 Å². The number of nitrogens with zero attached hydrogens (tertiary/aromatic N) is 2. The Morgan fingerprint density at radius 3 is 2.54 bits per heavy atom. The highest BCUT2D eigenvalue weighted by molar-refractivity contribution is 5.96. The lowest BCUT2D eigenvalue weighted by Gasteiger charge is -2.22. The lowest BCUT2D eigenvalue weighted by Crippen LogP contribution is -2.33. The number of carbonyl (C=O) groups excluding carboxylic acids is 1. The van der Waals surface area contributed by atoms with Crippen molar-refractivity contribution < 1.29 is 9.32 Å². The predicted octanol–water partition coefficient (Wildman–Crippen LogP) is 5.25. The fourth-order valence-electron chi connectivity index (χ4n) is 3.13. The van der Waals surface area contributed by atoms with Gasteiger partial charge in [-0.25, -0.2) is 0 Å². The zero-order valence-electron chi connectivity index (χ0n) is 16.0. The maximum atomic E-state index is 13.0. The highest BCUT2D eigenvalue weighted by atomic mass is 16.5. The molecular formula is C22H26N2O2. The van der Waals surface area contributed by atoms with Crippen molar-refractivity contribution in [3.05, 3.63) is 59.3 Å². The van der Waals surface area contributed by atoms with Crippen LogP contribution in [-0.2, 0) is 11.2 Å². The number of hydrogen-bond donors (Lipinski definition) is 0. The lowest BCUT2D eigenvalue weighted by atomic mass is 10.0. The molecule has 3 rings (SSSR count). The van der Waals surface area contributed by atoms with E-state index in [2.05, 4.69) is 38.1 Å². The Balaban J connectivity index is 1.85. The van der Waals surface area contributed by atoms with Crippen molar-refractivity contribution in [3.63, 3.8) is 0 Å². The summed E-state index contributed by atoms with van der Waals surface area (Å²) in [5.74, 6) is 0.518. The van der Waals surface area contributed by atoms with Crippen LogP contribution in [0.1, 0.15) is 49.9 Å². The number of carbonyl (C=O) groups is 1. The van der Waals surface area contributed by atoms with Gasteiger partial charge in [-0.15, -0.1) is 0 Å². The van der Waals surface area contributed by atoms with Crippen molar-refractivity contribution in [1.82, 2.24) is 5.16 Å². The molecule has 4 heteroatoms. The first-order valence-corrected chi connectivity index (χ1v) is 9.24. The Labute approximate surface area is 154 Å². The van der Waals surface area contributed by atoms with Crippen LogP contribution < -0.4 is 4.90 Å². The molecule has 1 aromatic heterocycles. The Bertz CT molecular complexity index is 894. The van der Waals surface area contributed by atoms with Crippen molar-refractivity contribution >= 4 is 22.6 Å². The maximum absolute atomic E-state index is 13.0. The van der Waals surface area contributed by atoms with Gasteiger partial charge in [0.1, 0.15) is 5.69 Å². The van der Waals surface area contributed by atoms with Crippen LogP contribution >= 0.6 is 0 Å². The molecule has 0 bridgehead atoms. The number of anilines is 1. The molecule has 0 N–H and O–H groups in total. The fourth-order valence-corrected chi connectivity index (χ4v) is 3.13. The first-order chi connectivity index (χ1) is 12.5. The number of hydrogen-bond acceptors (Lipinski definition) is 3. The third-order valence-corrected chi connectivity index (χ3v) is 4.64. The first-order valence-electron chi connectivity index (χ1n) is 9.24. The molecule has 0 atom stereocenters. The summed E-state index contributed by atoms with van der Waals surface area (Å²) in [6.07, 6.45) is 1.14. The third kappa shape index (κ3) is 3.79. The minimum atomic E-state index is 0.0425. The average Bonchev–Trinajstić information content (AvgIpc) is 3.01. The quantitative estimate of drug-likeness (QED) is 0.610. The Hall–Kier alpha value is -2.62. The molecular weight excluding hydrogens is 324 g/mol. The number of benzene rings is 2. The zero-order valence-corrected chi connectivity index (χ0v) is 16.0. The van der Waals surface area contributed by atoms with E-state index in [1.165, 1.54) is 5.56 Å². The Kier molecular flexibility index (Phi) is 5.40. The van der Waals surface area contributed by atoms with Gasteiger partial charge in [0.15, 0.2) is 5.58 Å². The lowest BCUT2D eigenvalue weighted by molar-refractivity contribution is -0.118. The van der Waals surface area contributed by atoms with Crippen LogP contribution in [-0.4, -0.2) is 17.6 Å². The van der Waals surface area contributed by atoms with Crippen LogP contribution in [0.4, 0.5) is 5.69 Å².